The summed E-state index contributed by atoms with van der Waals surface area (Å²) in [6.45, 7) is 1.90. The monoisotopic (exact) mass is 285 g/mol. The fraction of sp³-hybridized carbons (Fsp3) is 0.400. The first-order valence-electron chi connectivity index (χ1n) is 7.09. The lowest BCUT2D eigenvalue weighted by atomic mass is 9.90. The molecule has 2 N–H and O–H groups in total. The van der Waals surface area contributed by atoms with Crippen LogP contribution in [0, 0.1) is 0 Å². The van der Waals surface area contributed by atoms with Crippen molar-refractivity contribution in [2.45, 2.75) is 18.8 Å². The van der Waals surface area contributed by atoms with E-state index < -0.39 is 0 Å². The van der Waals surface area contributed by atoms with Crippen molar-refractivity contribution < 1.29 is 4.74 Å². The summed E-state index contributed by atoms with van der Waals surface area (Å²) in [5.74, 6) is 2.19. The Hall–Kier alpha value is -2.37. The summed E-state index contributed by atoms with van der Waals surface area (Å²) in [6.07, 6.45) is 5.90. The number of rotatable bonds is 3. The van der Waals surface area contributed by atoms with Crippen molar-refractivity contribution in [3.05, 3.63) is 36.2 Å². The van der Waals surface area contributed by atoms with Gasteiger partial charge < -0.3 is 15.4 Å². The maximum atomic E-state index is 5.72. The average molecular weight is 285 g/mol. The van der Waals surface area contributed by atoms with E-state index in [9.17, 15) is 0 Å². The summed E-state index contributed by atoms with van der Waals surface area (Å²) in [6, 6.07) is 6.04. The third-order valence-corrected chi connectivity index (χ3v) is 3.91. The predicted molar refractivity (Wildman–Crippen MR) is 81.4 cm³/mol. The Morgan fingerprint density at radius 3 is 2.57 bits per heavy atom. The van der Waals surface area contributed by atoms with E-state index in [0.29, 0.717) is 11.8 Å². The zero-order chi connectivity index (χ0) is 14.7. The Bertz CT molecular complexity index is 596. The van der Waals surface area contributed by atoms with Crippen LogP contribution in [0.2, 0.25) is 0 Å². The zero-order valence-corrected chi connectivity index (χ0v) is 12.1. The van der Waals surface area contributed by atoms with Gasteiger partial charge in [-0.2, -0.15) is 9.97 Å². The zero-order valence-electron chi connectivity index (χ0n) is 12.1. The van der Waals surface area contributed by atoms with Crippen LogP contribution in [-0.2, 0) is 0 Å². The first-order chi connectivity index (χ1) is 10.3. The molecule has 0 saturated carbocycles. The largest absolute Gasteiger partial charge is 0.481 e. The Balaban J connectivity index is 1.70. The predicted octanol–water partition coefficient (Wildman–Crippen LogP) is 1.85. The molecule has 2 aromatic rings. The molecular formula is C15H19N5O. The van der Waals surface area contributed by atoms with Gasteiger partial charge in [0, 0.05) is 31.5 Å². The van der Waals surface area contributed by atoms with Crippen LogP contribution in [0.1, 0.15) is 24.3 Å². The maximum Gasteiger partial charge on any atom is 0.225 e. The number of aromatic nitrogens is 3. The van der Waals surface area contributed by atoms with Crippen LogP contribution >= 0.6 is 0 Å². The van der Waals surface area contributed by atoms with Gasteiger partial charge in [0.2, 0.25) is 11.8 Å². The molecule has 0 bridgehead atoms. The number of hydrogen-bond acceptors (Lipinski definition) is 6. The van der Waals surface area contributed by atoms with Gasteiger partial charge in [-0.1, -0.05) is 0 Å². The molecule has 3 heterocycles. The van der Waals surface area contributed by atoms with Gasteiger partial charge in [0.1, 0.15) is 5.82 Å². The summed E-state index contributed by atoms with van der Waals surface area (Å²) in [7, 11) is 1.58. The van der Waals surface area contributed by atoms with Gasteiger partial charge in [0.15, 0.2) is 0 Å². The quantitative estimate of drug-likeness (QED) is 0.927. The first kappa shape index (κ1) is 13.6. The molecular weight excluding hydrogens is 266 g/mol. The topological polar surface area (TPSA) is 77.2 Å². The van der Waals surface area contributed by atoms with Crippen LogP contribution in [0.4, 0.5) is 11.8 Å². The first-order valence-corrected chi connectivity index (χ1v) is 7.09. The van der Waals surface area contributed by atoms with Crippen molar-refractivity contribution in [2.24, 2.45) is 0 Å². The number of hydrogen-bond donors (Lipinski definition) is 1. The molecule has 1 aliphatic rings. The lowest BCUT2D eigenvalue weighted by Crippen LogP contribution is -2.33. The Morgan fingerprint density at radius 2 is 1.90 bits per heavy atom. The molecule has 2 aromatic heterocycles. The molecule has 1 aliphatic heterocycles. The third kappa shape index (κ3) is 3.04. The average Bonchev–Trinajstić information content (AvgIpc) is 2.55. The normalized spacial score (nSPS) is 16.0. The lowest BCUT2D eigenvalue weighted by molar-refractivity contribution is 0.397. The number of nitrogen functional groups attached to an aromatic ring is 1. The molecule has 6 nitrogen and oxygen atoms in total. The molecule has 21 heavy (non-hydrogen) atoms. The highest BCUT2D eigenvalue weighted by Crippen LogP contribution is 2.30. The number of ether oxygens (including phenoxy) is 1. The van der Waals surface area contributed by atoms with E-state index in [1.807, 2.05) is 18.5 Å². The van der Waals surface area contributed by atoms with Gasteiger partial charge in [-0.25, -0.2) is 0 Å². The van der Waals surface area contributed by atoms with E-state index in [4.69, 9.17) is 10.5 Å². The highest BCUT2D eigenvalue weighted by atomic mass is 16.5. The second kappa shape index (κ2) is 5.95. The van der Waals surface area contributed by atoms with Crippen molar-refractivity contribution in [3.8, 4) is 5.88 Å². The van der Waals surface area contributed by atoms with Crippen molar-refractivity contribution in [3.63, 3.8) is 0 Å². The molecule has 0 amide bonds. The molecule has 1 saturated heterocycles. The Labute approximate surface area is 124 Å². The van der Waals surface area contributed by atoms with Gasteiger partial charge in [-0.3, -0.25) is 4.98 Å². The minimum Gasteiger partial charge on any atom is -0.481 e. The molecule has 110 valence electrons. The van der Waals surface area contributed by atoms with Crippen LogP contribution in [0.5, 0.6) is 5.88 Å². The molecule has 0 unspecified atom stereocenters. The van der Waals surface area contributed by atoms with Gasteiger partial charge in [-0.05, 0) is 36.5 Å². The van der Waals surface area contributed by atoms with Gasteiger partial charge in [0.25, 0.3) is 0 Å². The maximum absolute atomic E-state index is 5.72. The van der Waals surface area contributed by atoms with Crippen molar-refractivity contribution >= 4 is 11.8 Å². The van der Waals surface area contributed by atoms with Crippen LogP contribution in [-0.4, -0.2) is 35.2 Å². The lowest BCUT2D eigenvalue weighted by Gasteiger charge is -2.33. The fourth-order valence-corrected chi connectivity index (χ4v) is 2.77. The summed E-state index contributed by atoms with van der Waals surface area (Å²) >= 11 is 0. The van der Waals surface area contributed by atoms with E-state index in [0.717, 1.165) is 31.7 Å². The SMILES string of the molecule is COc1cc(N2CCC(c3ccncc3)CC2)nc(N)n1. The minimum atomic E-state index is 0.251. The highest BCUT2D eigenvalue weighted by Gasteiger charge is 2.22. The fourth-order valence-electron chi connectivity index (χ4n) is 2.77. The van der Waals surface area contributed by atoms with E-state index in [1.165, 1.54) is 5.56 Å². The number of anilines is 2. The van der Waals surface area contributed by atoms with E-state index in [-0.39, 0.29) is 5.95 Å². The highest BCUT2D eigenvalue weighted by molar-refractivity contribution is 5.46. The summed E-state index contributed by atoms with van der Waals surface area (Å²) < 4.78 is 5.15. The third-order valence-electron chi connectivity index (χ3n) is 3.91. The van der Waals surface area contributed by atoms with Crippen molar-refractivity contribution in [2.75, 3.05) is 30.8 Å². The van der Waals surface area contributed by atoms with Gasteiger partial charge in [0.05, 0.1) is 7.11 Å². The summed E-state index contributed by atoms with van der Waals surface area (Å²) in [5.41, 5.74) is 7.09. The molecule has 0 radical (unpaired) electrons. The minimum absolute atomic E-state index is 0.251. The van der Waals surface area contributed by atoms with Crippen molar-refractivity contribution in [1.29, 1.82) is 0 Å². The van der Waals surface area contributed by atoms with Crippen LogP contribution in [0.15, 0.2) is 30.6 Å². The van der Waals surface area contributed by atoms with Gasteiger partial charge in [-0.15, -0.1) is 0 Å². The van der Waals surface area contributed by atoms with Crippen molar-refractivity contribution in [1.82, 2.24) is 15.0 Å². The molecule has 6 heteroatoms. The van der Waals surface area contributed by atoms with E-state index in [1.54, 1.807) is 7.11 Å². The van der Waals surface area contributed by atoms with Crippen LogP contribution in [0.3, 0.4) is 0 Å². The number of nitrogens with zero attached hydrogens (tertiary/aromatic N) is 4. The molecule has 0 atom stereocenters. The number of pyridine rings is 1. The number of methoxy groups -OCH3 is 1. The number of piperidine rings is 1. The molecule has 0 spiro atoms. The standard InChI is InChI=1S/C15H19N5O/c1-21-14-10-13(18-15(16)19-14)20-8-4-12(5-9-20)11-2-6-17-7-3-11/h2-3,6-7,10,12H,4-5,8-9H2,1H3,(H2,16,18,19). The molecule has 3 rings (SSSR count). The molecule has 0 aliphatic carbocycles. The second-order valence-electron chi connectivity index (χ2n) is 5.17. The summed E-state index contributed by atoms with van der Waals surface area (Å²) in [4.78, 5) is 14.6. The van der Waals surface area contributed by atoms with Gasteiger partial charge >= 0.3 is 0 Å². The molecule has 0 aromatic carbocycles. The second-order valence-corrected chi connectivity index (χ2v) is 5.17. The molecule has 1 fully saturated rings. The van der Waals surface area contributed by atoms with E-state index >= 15 is 0 Å². The Morgan fingerprint density at radius 1 is 1.19 bits per heavy atom. The van der Waals surface area contributed by atoms with Crippen LogP contribution < -0.4 is 15.4 Å². The smallest absolute Gasteiger partial charge is 0.225 e. The number of nitrogens with two attached hydrogens (primary N) is 1. The van der Waals surface area contributed by atoms with E-state index in [2.05, 4.69) is 32.0 Å². The summed E-state index contributed by atoms with van der Waals surface area (Å²) in [5, 5.41) is 0. The van der Waals surface area contributed by atoms with Crippen LogP contribution in [0.25, 0.3) is 0 Å². The Kier molecular flexibility index (Phi) is 3.85.